The maximum atomic E-state index is 4.44. The van der Waals surface area contributed by atoms with E-state index in [2.05, 4.69) is 86.0 Å². The van der Waals surface area contributed by atoms with Crippen molar-refractivity contribution < 1.29 is 0 Å². The predicted octanol–water partition coefficient (Wildman–Crippen LogP) is 8.15. The highest BCUT2D eigenvalue weighted by atomic mass is 79.9. The molecule has 0 bridgehead atoms. The molecule has 168 valence electrons. The van der Waals surface area contributed by atoms with Crippen LogP contribution in [0.3, 0.4) is 0 Å². The van der Waals surface area contributed by atoms with Gasteiger partial charge in [-0.3, -0.25) is 4.99 Å². The molecule has 0 atom stereocenters. The van der Waals surface area contributed by atoms with Crippen LogP contribution in [0.5, 0.6) is 0 Å². The van der Waals surface area contributed by atoms with Crippen molar-refractivity contribution in [1.29, 1.82) is 0 Å². The molecule has 0 fully saturated rings. The third kappa shape index (κ3) is 6.45. The summed E-state index contributed by atoms with van der Waals surface area (Å²) in [6, 6.07) is 12.3. The van der Waals surface area contributed by atoms with Crippen LogP contribution in [0.1, 0.15) is 22.5 Å². The fraction of sp³-hybridized carbons (Fsp3) is 0.130. The molecule has 0 spiro atoms. The number of halogens is 3. The molecule has 1 aliphatic heterocycles. The molecule has 5 nitrogen and oxygen atoms in total. The number of aliphatic imine (C=N–C) groups is 1. The van der Waals surface area contributed by atoms with Gasteiger partial charge in [0.2, 0.25) is 5.13 Å². The molecule has 0 saturated carbocycles. The first-order valence-corrected chi connectivity index (χ1v) is 13.9. The lowest BCUT2D eigenvalue weighted by molar-refractivity contribution is 0.893. The van der Waals surface area contributed by atoms with Gasteiger partial charge in [-0.1, -0.05) is 44.0 Å². The number of hydrogen-bond donors (Lipinski definition) is 0. The number of rotatable bonds is 1. The van der Waals surface area contributed by atoms with Crippen molar-refractivity contribution in [3.63, 3.8) is 0 Å². The second-order valence-electron chi connectivity index (χ2n) is 7.09. The van der Waals surface area contributed by atoms with Gasteiger partial charge in [-0.25, -0.2) is 14.6 Å². The topological polar surface area (TPSA) is 56.0 Å². The van der Waals surface area contributed by atoms with E-state index in [4.69, 9.17) is 0 Å². The van der Waals surface area contributed by atoms with E-state index in [-0.39, 0.29) is 0 Å². The molecule has 1 aliphatic rings. The maximum absolute atomic E-state index is 4.44. The van der Waals surface area contributed by atoms with Gasteiger partial charge in [-0.15, -0.1) is 22.7 Å². The highest BCUT2D eigenvalue weighted by Crippen LogP contribution is 2.24. The molecule has 33 heavy (non-hydrogen) atoms. The summed E-state index contributed by atoms with van der Waals surface area (Å²) >= 11 is 13.3. The second kappa shape index (κ2) is 11.1. The fourth-order valence-corrected chi connectivity index (χ4v) is 5.59. The molecule has 3 aromatic heterocycles. The largest absolute Gasteiger partial charge is 0.288 e. The Morgan fingerprint density at radius 3 is 2.27 bits per heavy atom. The minimum absolute atomic E-state index is 0.842. The standard InChI is InChI=1S/C11H8BrN3S.C8H6BrN.C4H4BrNS/c1-7-6-16-11(14-7)15-10-4-9(12)3-2-8(10)5-13-15;9-8-2-1-6-4-10-5-7(6)3-8;1-3-2-7-4(5)6-3/h2-6H,1H3;1-4H,5H2;2H,1H3. The van der Waals surface area contributed by atoms with Crippen molar-refractivity contribution >= 4 is 87.6 Å². The van der Waals surface area contributed by atoms with Crippen molar-refractivity contribution in [2.24, 2.45) is 4.99 Å². The number of hydrogen-bond acceptors (Lipinski definition) is 6. The van der Waals surface area contributed by atoms with Crippen LogP contribution in [-0.4, -0.2) is 26.0 Å². The number of thiazole rings is 2. The van der Waals surface area contributed by atoms with Crippen molar-refractivity contribution in [1.82, 2.24) is 19.7 Å². The molecule has 0 unspecified atom stereocenters. The van der Waals surface area contributed by atoms with E-state index in [1.165, 1.54) is 11.1 Å². The SMILES string of the molecule is Brc1ccc2c(c1)CN=C2.Cc1csc(-n2ncc3ccc(Br)cc32)n1.Cc1csc(Br)n1. The van der Waals surface area contributed by atoms with Gasteiger partial charge in [0.05, 0.1) is 24.0 Å². The number of fused-ring (bicyclic) bond motifs is 2. The molecular weight excluding hydrogens is 650 g/mol. The van der Waals surface area contributed by atoms with Crippen LogP contribution in [0.25, 0.3) is 16.0 Å². The summed E-state index contributed by atoms with van der Waals surface area (Å²) in [6.45, 7) is 4.80. The first kappa shape index (κ1) is 24.4. The highest BCUT2D eigenvalue weighted by molar-refractivity contribution is 9.11. The van der Waals surface area contributed by atoms with Crippen LogP contribution in [-0.2, 0) is 6.54 Å². The minimum atomic E-state index is 0.842. The summed E-state index contributed by atoms with van der Waals surface area (Å²) in [6.07, 6.45) is 3.78. The van der Waals surface area contributed by atoms with Gasteiger partial charge in [-0.2, -0.15) is 5.10 Å². The molecule has 2 aromatic carbocycles. The van der Waals surface area contributed by atoms with Gasteiger partial charge >= 0.3 is 0 Å². The molecule has 0 aliphatic carbocycles. The molecular formula is C23H18Br3N5S2. The average Bonchev–Trinajstić information content (AvgIpc) is 3.56. The zero-order valence-corrected chi connectivity index (χ0v) is 24.1. The summed E-state index contributed by atoms with van der Waals surface area (Å²) in [4.78, 5) is 12.6. The molecule has 5 aromatic rings. The Morgan fingerprint density at radius 1 is 0.879 bits per heavy atom. The Balaban J connectivity index is 0.000000130. The first-order chi connectivity index (χ1) is 15.9. The molecule has 10 heteroatoms. The molecule has 0 radical (unpaired) electrons. The Hall–Kier alpha value is -1.72. The van der Waals surface area contributed by atoms with E-state index in [0.29, 0.717) is 0 Å². The third-order valence-corrected chi connectivity index (χ3v) is 7.91. The normalized spacial score (nSPS) is 11.5. The van der Waals surface area contributed by atoms with Gasteiger partial charge < -0.3 is 0 Å². The number of benzene rings is 2. The highest BCUT2D eigenvalue weighted by Gasteiger charge is 2.08. The van der Waals surface area contributed by atoms with Crippen LogP contribution in [0.4, 0.5) is 0 Å². The fourth-order valence-electron chi connectivity index (χ4n) is 2.99. The van der Waals surface area contributed by atoms with E-state index in [0.717, 1.165) is 46.8 Å². The van der Waals surface area contributed by atoms with Gasteiger partial charge in [0.1, 0.15) is 0 Å². The molecule has 0 amide bonds. The summed E-state index contributed by atoms with van der Waals surface area (Å²) in [5, 5.41) is 10.4. The van der Waals surface area contributed by atoms with Gasteiger partial charge in [0.25, 0.3) is 0 Å². The van der Waals surface area contributed by atoms with E-state index >= 15 is 0 Å². The number of aryl methyl sites for hydroxylation is 2. The lowest BCUT2D eigenvalue weighted by atomic mass is 10.1. The van der Waals surface area contributed by atoms with Crippen molar-refractivity contribution in [3.05, 3.63) is 88.7 Å². The first-order valence-electron chi connectivity index (χ1n) is 9.81. The summed E-state index contributed by atoms with van der Waals surface area (Å²) in [5.41, 5.74) is 5.75. The zero-order valence-electron chi connectivity index (χ0n) is 17.7. The summed E-state index contributed by atoms with van der Waals surface area (Å²) in [7, 11) is 0. The monoisotopic (exact) mass is 665 g/mol. The van der Waals surface area contributed by atoms with Gasteiger partial charge in [-0.05, 0) is 65.2 Å². The lowest BCUT2D eigenvalue weighted by Crippen LogP contribution is -1.94. The van der Waals surface area contributed by atoms with E-state index in [1.54, 1.807) is 22.7 Å². The average molecular weight is 668 g/mol. The molecule has 6 rings (SSSR count). The van der Waals surface area contributed by atoms with Crippen LogP contribution in [0.15, 0.2) is 71.2 Å². The van der Waals surface area contributed by atoms with Gasteiger partial charge in [0.15, 0.2) is 3.92 Å². The van der Waals surface area contributed by atoms with Crippen molar-refractivity contribution in [2.45, 2.75) is 20.4 Å². The maximum Gasteiger partial charge on any atom is 0.211 e. The quantitative estimate of drug-likeness (QED) is 0.181. The Bertz CT molecular complexity index is 1400. The van der Waals surface area contributed by atoms with Crippen LogP contribution in [0, 0.1) is 13.8 Å². The van der Waals surface area contributed by atoms with Gasteiger partial charge in [0, 0.05) is 37.0 Å². The smallest absolute Gasteiger partial charge is 0.211 e. The molecule has 4 heterocycles. The second-order valence-corrected chi connectivity index (χ2v) is 11.9. The minimum Gasteiger partial charge on any atom is -0.288 e. The van der Waals surface area contributed by atoms with Crippen LogP contribution in [0.2, 0.25) is 0 Å². The zero-order chi connectivity index (χ0) is 23.4. The van der Waals surface area contributed by atoms with Crippen molar-refractivity contribution in [3.8, 4) is 5.13 Å². The van der Waals surface area contributed by atoms with E-state index in [1.807, 2.05) is 59.9 Å². The lowest BCUT2D eigenvalue weighted by Gasteiger charge is -1.98. The van der Waals surface area contributed by atoms with Crippen LogP contribution >= 0.6 is 70.5 Å². The summed E-state index contributed by atoms with van der Waals surface area (Å²) < 4.78 is 5.02. The number of nitrogens with zero attached hydrogens (tertiary/aromatic N) is 5. The van der Waals surface area contributed by atoms with Crippen molar-refractivity contribution in [2.75, 3.05) is 0 Å². The predicted molar refractivity (Wildman–Crippen MR) is 149 cm³/mol. The molecule has 0 saturated heterocycles. The van der Waals surface area contributed by atoms with E-state index < -0.39 is 0 Å². The Labute approximate surface area is 225 Å². The Kier molecular flexibility index (Phi) is 8.24. The number of aromatic nitrogens is 4. The Morgan fingerprint density at radius 2 is 1.61 bits per heavy atom. The van der Waals surface area contributed by atoms with E-state index in [9.17, 15) is 0 Å². The molecule has 0 N–H and O–H groups in total. The van der Waals surface area contributed by atoms with Crippen LogP contribution < -0.4 is 0 Å². The third-order valence-electron chi connectivity index (χ3n) is 4.51. The summed E-state index contributed by atoms with van der Waals surface area (Å²) in [5.74, 6) is 0.